The Labute approximate surface area is 135 Å². The molecule has 0 saturated carbocycles. The van der Waals surface area contributed by atoms with Crippen LogP contribution >= 0.6 is 6.72 Å². The van der Waals surface area contributed by atoms with Crippen molar-refractivity contribution in [1.29, 1.82) is 0 Å². The summed E-state index contributed by atoms with van der Waals surface area (Å²) >= 11 is 4.69. The molecule has 0 rings (SSSR count). The zero-order valence-electron chi connectivity index (χ0n) is 9.65. The predicted molar refractivity (Wildman–Crippen MR) is 55.9 cm³/mol. The second-order valence-corrected chi connectivity index (χ2v) is 6.58. The Morgan fingerprint density at radius 2 is 1.36 bits per heavy atom. The van der Waals surface area contributed by atoms with E-state index in [-0.39, 0.29) is 51.4 Å². The fourth-order valence-electron chi connectivity index (χ4n) is 0.518. The molecule has 0 heterocycles. The maximum atomic E-state index is 11.4. The first-order valence-electron chi connectivity index (χ1n) is 4.43. The summed E-state index contributed by atoms with van der Waals surface area (Å²) in [5.74, 6) is 0.637. The molecule has 80 valence electrons. The zero-order chi connectivity index (χ0) is 10.5. The van der Waals surface area contributed by atoms with Gasteiger partial charge in [-0.15, -0.1) is 0 Å². The maximum absolute atomic E-state index is 11.4. The molecule has 0 bridgehead atoms. The van der Waals surface area contributed by atoms with Gasteiger partial charge in [-0.25, -0.2) is 0 Å². The van der Waals surface area contributed by atoms with Crippen molar-refractivity contribution in [3.8, 4) is 0 Å². The van der Waals surface area contributed by atoms with E-state index < -0.39 is 6.72 Å². The standard InChI is InChI=1S/C8H19O3PS.K/c1-7(2)5-10-12(9,13)11-6-8(3)4;/h7-8H,5-6H2,1-4H3,(H,9,13);/q;+1/p-1. The third-order valence-corrected chi connectivity index (χ3v) is 2.70. The van der Waals surface area contributed by atoms with Gasteiger partial charge in [0.2, 0.25) is 0 Å². The van der Waals surface area contributed by atoms with E-state index in [1.165, 1.54) is 0 Å². The molecule has 0 aliphatic heterocycles. The van der Waals surface area contributed by atoms with Gasteiger partial charge in [0.1, 0.15) is 6.72 Å². The Hall–Kier alpha value is 2.17. The van der Waals surface area contributed by atoms with Gasteiger partial charge in [-0.2, -0.15) is 0 Å². The largest absolute Gasteiger partial charge is 1.00 e. The predicted octanol–water partition coefficient (Wildman–Crippen LogP) is -1.08. The number of hydrogen-bond acceptors (Lipinski definition) is 4. The van der Waals surface area contributed by atoms with Crippen LogP contribution in [0.15, 0.2) is 0 Å². The molecule has 0 aromatic rings. The molecule has 0 N–H and O–H groups in total. The Kier molecular flexibility index (Phi) is 12.2. The first-order chi connectivity index (χ1) is 5.83. The molecule has 0 aliphatic rings. The van der Waals surface area contributed by atoms with Crippen LogP contribution in [0.2, 0.25) is 0 Å². The molecule has 0 atom stereocenters. The summed E-state index contributed by atoms with van der Waals surface area (Å²) in [5.41, 5.74) is 0. The van der Waals surface area contributed by atoms with Crippen LogP contribution < -0.4 is 56.3 Å². The molecule has 0 aromatic heterocycles. The van der Waals surface area contributed by atoms with Crippen molar-refractivity contribution in [2.75, 3.05) is 13.2 Å². The van der Waals surface area contributed by atoms with Gasteiger partial charge >= 0.3 is 51.4 Å². The monoisotopic (exact) mass is 264 g/mol. The molecule has 0 aromatic carbocycles. The SMILES string of the molecule is CC(C)COP([O-])(=S)OCC(C)C.[K+]. The average Bonchev–Trinajstić information content (AvgIpc) is 1.98. The molecular weight excluding hydrogens is 246 g/mol. The van der Waals surface area contributed by atoms with E-state index in [9.17, 15) is 4.89 Å². The molecule has 3 nitrogen and oxygen atoms in total. The van der Waals surface area contributed by atoms with Gasteiger partial charge in [-0.1, -0.05) is 39.5 Å². The molecule has 14 heavy (non-hydrogen) atoms. The summed E-state index contributed by atoms with van der Waals surface area (Å²) in [6, 6.07) is 0. The summed E-state index contributed by atoms with van der Waals surface area (Å²) in [6.07, 6.45) is 0. The summed E-state index contributed by atoms with van der Waals surface area (Å²) in [5, 5.41) is 0. The molecule has 0 amide bonds. The molecule has 0 saturated heterocycles. The van der Waals surface area contributed by atoms with Crippen molar-refractivity contribution in [3.63, 3.8) is 0 Å². The Bertz CT molecular complexity index is 171. The summed E-state index contributed by atoms with van der Waals surface area (Å²) in [6.45, 7) is 5.44. The van der Waals surface area contributed by atoms with E-state index in [1.54, 1.807) is 0 Å². The van der Waals surface area contributed by atoms with Gasteiger partial charge < -0.3 is 13.9 Å². The molecule has 6 heteroatoms. The van der Waals surface area contributed by atoms with E-state index in [0.717, 1.165) is 0 Å². The Balaban J connectivity index is 0. The Morgan fingerprint density at radius 1 is 1.07 bits per heavy atom. The van der Waals surface area contributed by atoms with E-state index in [2.05, 4.69) is 0 Å². The van der Waals surface area contributed by atoms with E-state index in [0.29, 0.717) is 25.0 Å². The van der Waals surface area contributed by atoms with Crippen molar-refractivity contribution >= 4 is 18.5 Å². The minimum atomic E-state index is -3.22. The third-order valence-electron chi connectivity index (χ3n) is 1.13. The van der Waals surface area contributed by atoms with E-state index >= 15 is 0 Å². The fraction of sp³-hybridized carbons (Fsp3) is 1.00. The van der Waals surface area contributed by atoms with Crippen molar-refractivity contribution in [3.05, 3.63) is 0 Å². The van der Waals surface area contributed by atoms with Gasteiger partial charge in [-0.05, 0) is 11.8 Å². The topological polar surface area (TPSA) is 41.5 Å². The van der Waals surface area contributed by atoms with Crippen LogP contribution in [0.1, 0.15) is 27.7 Å². The second-order valence-electron chi connectivity index (χ2n) is 3.83. The van der Waals surface area contributed by atoms with Crippen LogP contribution in [0.4, 0.5) is 0 Å². The van der Waals surface area contributed by atoms with Crippen molar-refractivity contribution < 1.29 is 65.3 Å². The Morgan fingerprint density at radius 3 is 1.57 bits per heavy atom. The third kappa shape index (κ3) is 12.2. The molecule has 0 spiro atoms. The first-order valence-corrected chi connectivity index (χ1v) is 6.99. The van der Waals surface area contributed by atoms with Gasteiger partial charge in [-0.3, -0.25) is 0 Å². The second kappa shape index (κ2) is 9.22. The van der Waals surface area contributed by atoms with Gasteiger partial charge in [0.25, 0.3) is 0 Å². The van der Waals surface area contributed by atoms with Gasteiger partial charge in [0, 0.05) is 0 Å². The number of rotatable bonds is 6. The summed E-state index contributed by atoms with van der Waals surface area (Å²) in [4.78, 5) is 11.4. The normalized spacial score (nSPS) is 11.9. The van der Waals surface area contributed by atoms with Crippen LogP contribution in [0.3, 0.4) is 0 Å². The fourth-order valence-corrected chi connectivity index (χ4v) is 1.92. The molecule has 0 aliphatic carbocycles. The minimum Gasteiger partial charge on any atom is -0.780 e. The summed E-state index contributed by atoms with van der Waals surface area (Å²) < 4.78 is 9.98. The van der Waals surface area contributed by atoms with Crippen LogP contribution in [0.5, 0.6) is 0 Å². The van der Waals surface area contributed by atoms with E-state index in [4.69, 9.17) is 20.9 Å². The molecule has 0 unspecified atom stereocenters. The smallest absolute Gasteiger partial charge is 0.780 e. The zero-order valence-corrected chi connectivity index (χ0v) is 14.5. The van der Waals surface area contributed by atoms with Crippen LogP contribution in [0.25, 0.3) is 0 Å². The van der Waals surface area contributed by atoms with Gasteiger partial charge in [0.05, 0.1) is 13.2 Å². The van der Waals surface area contributed by atoms with Crippen LogP contribution in [-0.2, 0) is 20.9 Å². The molecule has 0 fully saturated rings. The van der Waals surface area contributed by atoms with Crippen LogP contribution in [0, 0.1) is 11.8 Å². The molecular formula is C8H18KO3PS. The number of hydrogen-bond donors (Lipinski definition) is 0. The minimum absolute atomic E-state index is 0. The van der Waals surface area contributed by atoms with Crippen molar-refractivity contribution in [2.45, 2.75) is 27.7 Å². The van der Waals surface area contributed by atoms with Crippen LogP contribution in [-0.4, -0.2) is 13.2 Å². The van der Waals surface area contributed by atoms with E-state index in [1.807, 2.05) is 27.7 Å². The van der Waals surface area contributed by atoms with Gasteiger partial charge in [0.15, 0.2) is 0 Å². The summed E-state index contributed by atoms with van der Waals surface area (Å²) in [7, 11) is 0. The quantitative estimate of drug-likeness (QED) is 0.452. The van der Waals surface area contributed by atoms with Crippen molar-refractivity contribution in [2.24, 2.45) is 11.8 Å². The maximum Gasteiger partial charge on any atom is 1.00 e. The van der Waals surface area contributed by atoms with Crippen molar-refractivity contribution in [1.82, 2.24) is 0 Å². The molecule has 0 radical (unpaired) electrons. The first kappa shape index (κ1) is 18.5. The average molecular weight is 264 g/mol.